The highest BCUT2D eigenvalue weighted by molar-refractivity contribution is 5.91. The molecule has 174 valence electrons. The van der Waals surface area contributed by atoms with Gasteiger partial charge >= 0.3 is 11.9 Å². The van der Waals surface area contributed by atoms with Gasteiger partial charge in [0.2, 0.25) is 0 Å². The van der Waals surface area contributed by atoms with E-state index in [0.29, 0.717) is 0 Å². The van der Waals surface area contributed by atoms with Gasteiger partial charge < -0.3 is 51.1 Å². The van der Waals surface area contributed by atoms with Gasteiger partial charge in [0.05, 0.1) is 74.8 Å². The molecule has 0 unspecified atom stereocenters. The summed E-state index contributed by atoms with van der Waals surface area (Å²) in [5.74, 6) is -2.13. The molecule has 1 rings (SSSR count). The van der Waals surface area contributed by atoms with E-state index in [-0.39, 0.29) is 11.1 Å². The van der Waals surface area contributed by atoms with Gasteiger partial charge in [-0.25, -0.2) is 9.59 Å². The predicted octanol–water partition coefficient (Wildman–Crippen LogP) is -3.03. The topological polar surface area (TPSA) is 236 Å². The molecule has 12 nitrogen and oxygen atoms in total. The number of carboxylic acid groups (broad SMARTS) is 2. The molecule has 0 spiro atoms. The molecule has 0 radical (unpaired) electrons. The van der Waals surface area contributed by atoms with E-state index in [0.717, 1.165) is 0 Å². The predicted molar refractivity (Wildman–Crippen MR) is 102 cm³/mol. The lowest BCUT2D eigenvalue weighted by Crippen LogP contribution is -2.37. The highest BCUT2D eigenvalue weighted by atomic mass is 16.4. The first-order chi connectivity index (χ1) is 14.1. The van der Waals surface area contributed by atoms with Crippen molar-refractivity contribution in [3.05, 3.63) is 35.4 Å². The van der Waals surface area contributed by atoms with Crippen LogP contribution in [-0.2, 0) is 0 Å². The molecule has 0 saturated heterocycles. The van der Waals surface area contributed by atoms with Crippen LogP contribution in [0.2, 0.25) is 0 Å². The van der Waals surface area contributed by atoms with Gasteiger partial charge in [-0.05, 0) is 24.3 Å². The Morgan fingerprint density at radius 1 is 0.500 bits per heavy atom. The fourth-order valence-corrected chi connectivity index (χ4v) is 1.36. The number of carboxylic acids is 2. The van der Waals surface area contributed by atoms with Crippen molar-refractivity contribution < 1.29 is 60.7 Å². The van der Waals surface area contributed by atoms with Crippen LogP contribution >= 0.6 is 0 Å². The van der Waals surface area contributed by atoms with Crippen LogP contribution in [0, 0.1) is 10.8 Å². The largest absolute Gasteiger partial charge is 0.478 e. The maximum absolute atomic E-state index is 10.3. The van der Waals surface area contributed by atoms with Crippen LogP contribution < -0.4 is 0 Å². The molecule has 0 aromatic heterocycles. The van der Waals surface area contributed by atoms with Gasteiger partial charge in [0.1, 0.15) is 0 Å². The maximum atomic E-state index is 10.3. The monoisotopic (exact) mass is 438 g/mol. The molecule has 0 bridgehead atoms. The Kier molecular flexibility index (Phi) is 15.7. The number of benzene rings is 1. The quantitative estimate of drug-likeness (QED) is 0.175. The molecule has 0 atom stereocenters. The van der Waals surface area contributed by atoms with Crippen LogP contribution in [-0.4, -0.2) is 116 Å². The van der Waals surface area contributed by atoms with Gasteiger partial charge in [-0.2, -0.15) is 0 Å². The van der Waals surface area contributed by atoms with Crippen molar-refractivity contribution in [1.29, 1.82) is 0 Å². The molecule has 30 heavy (non-hydrogen) atoms. The zero-order valence-electron chi connectivity index (χ0n) is 16.3. The molecule has 0 aliphatic carbocycles. The number of aliphatic hydroxyl groups is 8. The van der Waals surface area contributed by atoms with E-state index in [1.54, 1.807) is 0 Å². The van der Waals surface area contributed by atoms with Crippen LogP contribution in [0.5, 0.6) is 0 Å². The molecule has 1 aromatic carbocycles. The first-order valence-corrected chi connectivity index (χ1v) is 8.54. The van der Waals surface area contributed by atoms with Crippen molar-refractivity contribution in [1.82, 2.24) is 0 Å². The maximum Gasteiger partial charge on any atom is 0.335 e. The van der Waals surface area contributed by atoms with E-state index < -0.39 is 75.6 Å². The van der Waals surface area contributed by atoms with Crippen molar-refractivity contribution >= 4 is 11.9 Å². The van der Waals surface area contributed by atoms with Crippen molar-refractivity contribution in [3.8, 4) is 0 Å². The van der Waals surface area contributed by atoms with E-state index in [1.165, 1.54) is 24.3 Å². The summed E-state index contributed by atoms with van der Waals surface area (Å²) >= 11 is 0. The molecule has 12 heteroatoms. The van der Waals surface area contributed by atoms with Crippen LogP contribution in [0.3, 0.4) is 0 Å². The highest BCUT2D eigenvalue weighted by Gasteiger charge is 2.27. The Hall–Kier alpha value is -2.16. The third-order valence-electron chi connectivity index (χ3n) is 4.06. The first kappa shape index (κ1) is 30.0. The minimum absolute atomic E-state index is 0.0833. The molecular formula is C18H30O12. The average Bonchev–Trinajstić information content (AvgIpc) is 2.79. The van der Waals surface area contributed by atoms with E-state index in [1.807, 2.05) is 0 Å². The molecule has 0 heterocycles. The lowest BCUT2D eigenvalue weighted by Gasteiger charge is -2.23. The Morgan fingerprint density at radius 2 is 0.667 bits per heavy atom. The fraction of sp³-hybridized carbons (Fsp3) is 0.556. The molecule has 0 fully saturated rings. The highest BCUT2D eigenvalue weighted by Crippen LogP contribution is 2.12. The van der Waals surface area contributed by atoms with E-state index >= 15 is 0 Å². The summed E-state index contributed by atoms with van der Waals surface area (Å²) in [5.41, 5.74) is -2.06. The second-order valence-corrected chi connectivity index (χ2v) is 6.45. The summed E-state index contributed by atoms with van der Waals surface area (Å²) in [4.78, 5) is 20.7. The van der Waals surface area contributed by atoms with Crippen molar-refractivity contribution in [2.45, 2.75) is 0 Å². The van der Waals surface area contributed by atoms with Gasteiger partial charge in [-0.1, -0.05) is 0 Å². The molecular weight excluding hydrogens is 408 g/mol. The third-order valence-corrected chi connectivity index (χ3v) is 4.06. The summed E-state index contributed by atoms with van der Waals surface area (Å²) in [6.07, 6.45) is 0. The summed E-state index contributed by atoms with van der Waals surface area (Å²) in [7, 11) is 0. The number of hydrogen-bond donors (Lipinski definition) is 10. The molecule has 0 amide bonds. The normalized spacial score (nSPS) is 10.9. The average molecular weight is 438 g/mol. The van der Waals surface area contributed by atoms with Crippen molar-refractivity contribution in [2.24, 2.45) is 10.8 Å². The van der Waals surface area contributed by atoms with Crippen molar-refractivity contribution in [3.63, 3.8) is 0 Å². The second kappa shape index (κ2) is 15.6. The lowest BCUT2D eigenvalue weighted by atomic mass is 9.93. The summed E-state index contributed by atoms with van der Waals surface area (Å²) < 4.78 is 0. The number of aliphatic hydroxyl groups excluding tert-OH is 8. The summed E-state index contributed by atoms with van der Waals surface area (Å²) in [6, 6.07) is 5.02. The van der Waals surface area contributed by atoms with E-state index in [9.17, 15) is 9.59 Å². The smallest absolute Gasteiger partial charge is 0.335 e. The van der Waals surface area contributed by atoms with E-state index in [4.69, 9.17) is 51.1 Å². The van der Waals surface area contributed by atoms with Crippen molar-refractivity contribution in [2.75, 3.05) is 52.9 Å². The van der Waals surface area contributed by atoms with Gasteiger partial charge in [0, 0.05) is 0 Å². The lowest BCUT2D eigenvalue weighted by molar-refractivity contribution is -0.0332. The Balaban J connectivity index is 0. The van der Waals surface area contributed by atoms with Gasteiger partial charge in [0.15, 0.2) is 0 Å². The standard InChI is InChI=1S/C8H6O4.2C5H12O4/c9-7(10)5-1-2-6(4-3-5)8(11)12;2*6-1-5(2-7,3-8)4-9/h1-4H,(H,9,10)(H,11,12);2*6-9H,1-4H2. The molecule has 10 N–H and O–H groups in total. The van der Waals surface area contributed by atoms with Crippen LogP contribution in [0.4, 0.5) is 0 Å². The number of hydrogen-bond acceptors (Lipinski definition) is 10. The van der Waals surface area contributed by atoms with Gasteiger partial charge in [0.25, 0.3) is 0 Å². The number of carbonyl (C=O) groups is 2. The van der Waals surface area contributed by atoms with E-state index in [2.05, 4.69) is 0 Å². The minimum atomic E-state index is -1.11. The summed E-state index contributed by atoms with van der Waals surface area (Å²) in [5, 5.41) is 84.9. The van der Waals surface area contributed by atoms with Crippen LogP contribution in [0.15, 0.2) is 24.3 Å². The SMILES string of the molecule is O=C(O)c1ccc(C(=O)O)cc1.OCC(CO)(CO)CO.OCC(CO)(CO)CO. The second-order valence-electron chi connectivity index (χ2n) is 6.45. The molecule has 0 saturated carbocycles. The molecule has 0 aliphatic rings. The molecule has 1 aromatic rings. The van der Waals surface area contributed by atoms with Crippen LogP contribution in [0.1, 0.15) is 20.7 Å². The third kappa shape index (κ3) is 10.0. The minimum Gasteiger partial charge on any atom is -0.478 e. The Bertz CT molecular complexity index is 506. The Morgan fingerprint density at radius 3 is 0.733 bits per heavy atom. The fourth-order valence-electron chi connectivity index (χ4n) is 1.36. The van der Waals surface area contributed by atoms with Gasteiger partial charge in [-0.15, -0.1) is 0 Å². The molecule has 0 aliphatic heterocycles. The van der Waals surface area contributed by atoms with Gasteiger partial charge in [-0.3, -0.25) is 0 Å². The zero-order chi connectivity index (χ0) is 23.8. The number of aromatic carboxylic acids is 2. The summed E-state index contributed by atoms with van der Waals surface area (Å²) in [6.45, 7) is -3.25. The first-order valence-electron chi connectivity index (χ1n) is 8.54. The number of rotatable bonds is 10. The van der Waals surface area contributed by atoms with Crippen LogP contribution in [0.25, 0.3) is 0 Å². The Labute approximate surface area is 172 Å². The zero-order valence-corrected chi connectivity index (χ0v) is 16.3.